The molecular weight excluding hydrogens is 314 g/mol. The maximum absolute atomic E-state index is 12.7. The Bertz CT molecular complexity index is 519. The largest absolute Gasteiger partial charge is 0.330 e. The zero-order valence-electron chi connectivity index (χ0n) is 14.5. The molecule has 2 N–H and O–H groups in total. The Morgan fingerprint density at radius 3 is 2.48 bits per heavy atom. The van der Waals surface area contributed by atoms with Crippen LogP contribution >= 0.6 is 0 Å². The molecule has 1 aliphatic rings. The lowest BCUT2D eigenvalue weighted by Gasteiger charge is -2.28. The highest BCUT2D eigenvalue weighted by atomic mass is 16.2. The summed E-state index contributed by atoms with van der Waals surface area (Å²) in [6, 6.07) is 9.87. The molecule has 0 aromatic heterocycles. The number of benzene rings is 1. The molecule has 140 valence electrons. The van der Waals surface area contributed by atoms with Crippen molar-refractivity contribution in [2.24, 2.45) is 5.73 Å². The summed E-state index contributed by atoms with van der Waals surface area (Å²) >= 11 is 0. The van der Waals surface area contributed by atoms with Crippen molar-refractivity contribution >= 4 is 11.7 Å². The fourth-order valence-electron chi connectivity index (χ4n) is 3.03. The Morgan fingerprint density at radius 1 is 1.00 bits per heavy atom. The lowest BCUT2D eigenvalue weighted by Crippen LogP contribution is -2.43. The third-order valence-electron chi connectivity index (χ3n) is 4.40. The van der Waals surface area contributed by atoms with Gasteiger partial charge in [-0.3, -0.25) is 14.5 Å². The Labute approximate surface area is 152 Å². The summed E-state index contributed by atoms with van der Waals surface area (Å²) in [6.07, 6.45) is 4.44. The molecule has 0 bridgehead atoms. The lowest BCUT2D eigenvalue weighted by molar-refractivity contribution is -0.137. The summed E-state index contributed by atoms with van der Waals surface area (Å²) in [5.74, 6) is 0.206. The molecule has 1 saturated heterocycles. The Balaban J connectivity index is 0.00000312. The summed E-state index contributed by atoms with van der Waals surface area (Å²) in [5, 5.41) is 0. The summed E-state index contributed by atoms with van der Waals surface area (Å²) in [5.41, 5.74) is 6.63. The van der Waals surface area contributed by atoms with Crippen LogP contribution in [0.25, 0.3) is 0 Å². The maximum Gasteiger partial charge on any atom is 0.237 e. The number of carbonyl (C=O) groups is 2. The van der Waals surface area contributed by atoms with E-state index in [0.29, 0.717) is 26.1 Å². The van der Waals surface area contributed by atoms with E-state index in [2.05, 4.69) is 4.90 Å². The van der Waals surface area contributed by atoms with Gasteiger partial charge in [0.15, 0.2) is 5.78 Å². The zero-order valence-corrected chi connectivity index (χ0v) is 14.5. The highest BCUT2D eigenvalue weighted by Gasteiger charge is 2.21. The van der Waals surface area contributed by atoms with E-state index in [1.165, 1.54) is 0 Å². The quantitative estimate of drug-likeness (QED) is 0.803. The average Bonchev–Trinajstić information content (AvgIpc) is 2.58. The molecule has 0 radical (unpaired) electrons. The Kier molecular flexibility index (Phi) is 10.0. The molecule has 25 heavy (non-hydrogen) atoms. The summed E-state index contributed by atoms with van der Waals surface area (Å²) < 4.78 is 0. The van der Waals surface area contributed by atoms with Gasteiger partial charge in [-0.2, -0.15) is 0 Å². The molecular formula is C20H33N3O2. The molecule has 1 amide bonds. The normalized spacial score (nSPS) is 17.2. The van der Waals surface area contributed by atoms with Crippen molar-refractivity contribution in [3.05, 3.63) is 35.9 Å². The molecule has 1 heterocycles. The highest BCUT2D eigenvalue weighted by molar-refractivity contribution is 5.87. The van der Waals surface area contributed by atoms with Gasteiger partial charge in [0.2, 0.25) is 5.91 Å². The van der Waals surface area contributed by atoms with Gasteiger partial charge in [-0.05, 0) is 50.9 Å². The van der Waals surface area contributed by atoms with E-state index >= 15 is 0 Å². The van der Waals surface area contributed by atoms with Crippen molar-refractivity contribution < 1.29 is 9.59 Å². The fourth-order valence-corrected chi connectivity index (χ4v) is 3.03. The maximum atomic E-state index is 12.7. The van der Waals surface area contributed by atoms with Gasteiger partial charge in [0, 0.05) is 13.0 Å². The van der Waals surface area contributed by atoms with Crippen LogP contribution in [0.2, 0.25) is 0 Å². The average molecular weight is 348 g/mol. The minimum absolute atomic E-state index is 0. The molecule has 2 rings (SSSR count). The van der Waals surface area contributed by atoms with E-state index in [0.717, 1.165) is 44.3 Å². The van der Waals surface area contributed by atoms with E-state index in [1.807, 2.05) is 30.3 Å². The first-order valence-electron chi connectivity index (χ1n) is 8.95. The van der Waals surface area contributed by atoms with Gasteiger partial charge in [-0.25, -0.2) is 0 Å². The molecule has 5 heteroatoms. The molecule has 0 atom stereocenters. The minimum Gasteiger partial charge on any atom is -0.330 e. The van der Waals surface area contributed by atoms with E-state index < -0.39 is 0 Å². The third kappa shape index (κ3) is 7.80. The summed E-state index contributed by atoms with van der Waals surface area (Å²) in [4.78, 5) is 28.8. The molecule has 0 spiro atoms. The molecule has 1 aromatic rings. The van der Waals surface area contributed by atoms with Gasteiger partial charge in [0.1, 0.15) is 0 Å². The monoisotopic (exact) mass is 347 g/mol. The predicted molar refractivity (Wildman–Crippen MR) is 102 cm³/mol. The number of amides is 1. The molecule has 1 aliphatic heterocycles. The number of rotatable bonds is 6. The summed E-state index contributed by atoms with van der Waals surface area (Å²) in [7, 11) is 0. The van der Waals surface area contributed by atoms with Crippen LogP contribution in [0.3, 0.4) is 0 Å². The van der Waals surface area contributed by atoms with E-state index in [1.54, 1.807) is 4.90 Å². The minimum atomic E-state index is 0. The number of hydrogen-bond donors (Lipinski definition) is 1. The number of nitrogens with two attached hydrogens (primary N) is 1. The summed E-state index contributed by atoms with van der Waals surface area (Å²) in [6.45, 7) is 3.59. The molecule has 0 unspecified atom stereocenters. The van der Waals surface area contributed by atoms with Gasteiger partial charge in [0.05, 0.1) is 13.1 Å². The molecule has 1 aromatic carbocycles. The van der Waals surface area contributed by atoms with Gasteiger partial charge in [-0.15, -0.1) is 0 Å². The molecule has 0 saturated carbocycles. The second-order valence-electron chi connectivity index (χ2n) is 6.50. The number of hydrogen-bond acceptors (Lipinski definition) is 4. The fraction of sp³-hybridized carbons (Fsp3) is 0.600. The zero-order chi connectivity index (χ0) is 17.2. The van der Waals surface area contributed by atoms with Crippen LogP contribution in [0.5, 0.6) is 0 Å². The van der Waals surface area contributed by atoms with Gasteiger partial charge < -0.3 is 10.6 Å². The first kappa shape index (κ1) is 21.3. The van der Waals surface area contributed by atoms with Crippen LogP contribution in [0.15, 0.2) is 30.3 Å². The van der Waals surface area contributed by atoms with E-state index in [-0.39, 0.29) is 25.7 Å². The van der Waals surface area contributed by atoms with Crippen LogP contribution < -0.4 is 5.73 Å². The van der Waals surface area contributed by atoms with Crippen molar-refractivity contribution in [2.75, 3.05) is 32.7 Å². The second-order valence-corrected chi connectivity index (χ2v) is 6.50. The second kappa shape index (κ2) is 11.8. The van der Waals surface area contributed by atoms with E-state index in [4.69, 9.17) is 5.73 Å². The molecule has 0 aliphatic carbocycles. The SMILES string of the molecule is C.NCCCCN1CCCCC(=O)CN(Cc2ccccc2)C(=O)C1. The van der Waals surface area contributed by atoms with Crippen LogP contribution in [0.4, 0.5) is 0 Å². The van der Waals surface area contributed by atoms with E-state index in [9.17, 15) is 9.59 Å². The Morgan fingerprint density at radius 2 is 1.76 bits per heavy atom. The topological polar surface area (TPSA) is 66.6 Å². The number of Topliss-reactive ketones (excluding diaryl/α,β-unsaturated/α-hetero) is 1. The first-order chi connectivity index (χ1) is 11.7. The van der Waals surface area contributed by atoms with Crippen molar-refractivity contribution in [3.8, 4) is 0 Å². The van der Waals surface area contributed by atoms with Crippen molar-refractivity contribution in [3.63, 3.8) is 0 Å². The van der Waals surface area contributed by atoms with Crippen molar-refractivity contribution in [1.82, 2.24) is 9.80 Å². The van der Waals surface area contributed by atoms with Crippen LogP contribution in [-0.2, 0) is 16.1 Å². The number of nitrogens with zero attached hydrogens (tertiary/aromatic N) is 2. The van der Waals surface area contributed by atoms with Gasteiger partial charge in [0.25, 0.3) is 0 Å². The predicted octanol–water partition coefficient (Wildman–Crippen LogP) is 2.45. The third-order valence-corrected chi connectivity index (χ3v) is 4.40. The van der Waals surface area contributed by atoms with Crippen LogP contribution in [0, 0.1) is 0 Å². The number of carbonyl (C=O) groups excluding carboxylic acids is 2. The molecule has 1 fully saturated rings. The van der Waals surface area contributed by atoms with Crippen molar-refractivity contribution in [2.45, 2.75) is 46.1 Å². The highest BCUT2D eigenvalue weighted by Crippen LogP contribution is 2.10. The standard InChI is InChI=1S/C19H29N3O2.CH4/c20-11-5-7-13-21-12-6-4-10-18(23)15-22(19(24)16-21)14-17-8-2-1-3-9-17;/h1-3,8-9H,4-7,10-16,20H2;1H4. The van der Waals surface area contributed by atoms with Gasteiger partial charge in [-0.1, -0.05) is 37.8 Å². The number of unbranched alkanes of at least 4 members (excludes halogenated alkanes) is 1. The molecule has 5 nitrogen and oxygen atoms in total. The van der Waals surface area contributed by atoms with Gasteiger partial charge >= 0.3 is 0 Å². The van der Waals surface area contributed by atoms with Crippen molar-refractivity contribution in [1.29, 1.82) is 0 Å². The smallest absolute Gasteiger partial charge is 0.237 e. The lowest BCUT2D eigenvalue weighted by atomic mass is 10.1. The van der Waals surface area contributed by atoms with Crippen LogP contribution in [-0.4, -0.2) is 54.2 Å². The Hall–Kier alpha value is -1.72. The van der Waals surface area contributed by atoms with Crippen LogP contribution in [0.1, 0.15) is 45.1 Å². The number of ketones is 1. The first-order valence-corrected chi connectivity index (χ1v) is 8.95.